The monoisotopic (exact) mass is 341 g/mol. The van der Waals surface area contributed by atoms with Gasteiger partial charge in [-0.05, 0) is 42.7 Å². The molecule has 0 bridgehead atoms. The van der Waals surface area contributed by atoms with Crippen molar-refractivity contribution >= 4 is 11.6 Å². The molecule has 3 rings (SSSR count). The zero-order valence-corrected chi connectivity index (χ0v) is 14.4. The Morgan fingerprint density at radius 1 is 1.08 bits per heavy atom. The van der Waals surface area contributed by atoms with Crippen molar-refractivity contribution in [3.05, 3.63) is 48.0 Å². The Bertz CT molecular complexity index is 712. The van der Waals surface area contributed by atoms with Crippen LogP contribution in [0.15, 0.2) is 42.5 Å². The van der Waals surface area contributed by atoms with Crippen molar-refractivity contribution in [2.24, 2.45) is 0 Å². The number of carbonyl (C=O) groups is 1. The van der Waals surface area contributed by atoms with E-state index in [4.69, 9.17) is 14.2 Å². The van der Waals surface area contributed by atoms with Gasteiger partial charge in [0.15, 0.2) is 11.5 Å². The second kappa shape index (κ2) is 8.42. The minimum Gasteiger partial charge on any atom is -0.494 e. The first kappa shape index (κ1) is 17.1. The maximum atomic E-state index is 12.0. The minimum absolute atomic E-state index is 0.0402. The molecule has 0 unspecified atom stereocenters. The largest absolute Gasteiger partial charge is 0.494 e. The number of benzene rings is 2. The van der Waals surface area contributed by atoms with Gasteiger partial charge in [0.05, 0.1) is 6.61 Å². The predicted octanol–water partition coefficient (Wildman–Crippen LogP) is 3.82. The fraction of sp³-hybridized carbons (Fsp3) is 0.350. The van der Waals surface area contributed by atoms with E-state index in [1.165, 1.54) is 5.56 Å². The van der Waals surface area contributed by atoms with Crippen molar-refractivity contribution in [3.8, 4) is 17.2 Å². The third kappa shape index (κ3) is 4.89. The Morgan fingerprint density at radius 3 is 2.60 bits per heavy atom. The van der Waals surface area contributed by atoms with Crippen molar-refractivity contribution < 1.29 is 19.0 Å². The summed E-state index contributed by atoms with van der Waals surface area (Å²) in [4.78, 5) is 12.0. The normalized spacial score (nSPS) is 12.5. The molecule has 2 aromatic carbocycles. The minimum atomic E-state index is -0.0402. The second-order valence-corrected chi connectivity index (χ2v) is 5.86. The Hall–Kier alpha value is -2.69. The maximum Gasteiger partial charge on any atom is 0.224 e. The number of anilines is 1. The summed E-state index contributed by atoms with van der Waals surface area (Å²) in [5.74, 6) is 2.18. The number of rotatable bonds is 7. The number of aryl methyl sites for hydroxylation is 1. The van der Waals surface area contributed by atoms with Crippen LogP contribution in [0.25, 0.3) is 0 Å². The van der Waals surface area contributed by atoms with Crippen molar-refractivity contribution in [1.29, 1.82) is 0 Å². The van der Waals surface area contributed by atoms with Crippen molar-refractivity contribution in [1.82, 2.24) is 0 Å². The molecule has 5 nitrogen and oxygen atoms in total. The predicted molar refractivity (Wildman–Crippen MR) is 96.6 cm³/mol. The molecular weight excluding hydrogens is 318 g/mol. The highest BCUT2D eigenvalue weighted by Gasteiger charge is 2.12. The van der Waals surface area contributed by atoms with Crippen LogP contribution in [0.1, 0.15) is 25.3 Å². The summed E-state index contributed by atoms with van der Waals surface area (Å²) in [5.41, 5.74) is 2.00. The van der Waals surface area contributed by atoms with Crippen molar-refractivity contribution in [2.75, 3.05) is 25.1 Å². The highest BCUT2D eigenvalue weighted by molar-refractivity contribution is 5.91. The van der Waals surface area contributed by atoms with Gasteiger partial charge >= 0.3 is 0 Å². The van der Waals surface area contributed by atoms with E-state index in [9.17, 15) is 4.79 Å². The van der Waals surface area contributed by atoms with E-state index < -0.39 is 0 Å². The van der Waals surface area contributed by atoms with E-state index in [0.29, 0.717) is 49.8 Å². The van der Waals surface area contributed by atoms with E-state index in [0.717, 1.165) is 12.2 Å². The Morgan fingerprint density at radius 2 is 1.84 bits per heavy atom. The fourth-order valence-corrected chi connectivity index (χ4v) is 2.59. The number of nitrogens with one attached hydrogen (secondary N) is 1. The summed E-state index contributed by atoms with van der Waals surface area (Å²) in [7, 11) is 0. The SMILES string of the molecule is CCc1ccc(OCCCC(=O)Nc2ccc3c(c2)OCCO3)cc1. The lowest BCUT2D eigenvalue weighted by Crippen LogP contribution is -2.16. The quantitative estimate of drug-likeness (QED) is 0.778. The van der Waals surface area contributed by atoms with Gasteiger partial charge in [-0.1, -0.05) is 19.1 Å². The molecule has 0 radical (unpaired) electrons. The first-order valence-electron chi connectivity index (χ1n) is 8.66. The summed E-state index contributed by atoms with van der Waals surface area (Å²) in [6, 6.07) is 13.5. The maximum absolute atomic E-state index is 12.0. The molecule has 0 aromatic heterocycles. The molecule has 0 saturated carbocycles. The molecule has 2 aromatic rings. The van der Waals surface area contributed by atoms with Gasteiger partial charge in [-0.25, -0.2) is 0 Å². The van der Waals surface area contributed by atoms with Crippen LogP contribution in [0.5, 0.6) is 17.2 Å². The van der Waals surface area contributed by atoms with Crippen LogP contribution in [0.4, 0.5) is 5.69 Å². The van der Waals surface area contributed by atoms with Gasteiger partial charge < -0.3 is 19.5 Å². The third-order valence-corrected chi connectivity index (χ3v) is 3.97. The van der Waals surface area contributed by atoms with Crippen LogP contribution < -0.4 is 19.5 Å². The van der Waals surface area contributed by atoms with Gasteiger partial charge in [-0.3, -0.25) is 4.79 Å². The number of amides is 1. The van der Waals surface area contributed by atoms with Crippen LogP contribution in [-0.2, 0) is 11.2 Å². The number of hydrogen-bond donors (Lipinski definition) is 1. The number of carbonyl (C=O) groups excluding carboxylic acids is 1. The van der Waals surface area contributed by atoms with Crippen molar-refractivity contribution in [2.45, 2.75) is 26.2 Å². The van der Waals surface area contributed by atoms with E-state index in [1.54, 1.807) is 6.07 Å². The average molecular weight is 341 g/mol. The molecule has 0 fully saturated rings. The molecule has 1 N–H and O–H groups in total. The Kier molecular flexibility index (Phi) is 5.77. The van der Waals surface area contributed by atoms with Crippen LogP contribution >= 0.6 is 0 Å². The highest BCUT2D eigenvalue weighted by Crippen LogP contribution is 2.32. The van der Waals surface area contributed by atoms with Gasteiger partial charge in [0.1, 0.15) is 19.0 Å². The second-order valence-electron chi connectivity index (χ2n) is 5.86. The first-order chi connectivity index (χ1) is 12.2. The molecule has 1 aliphatic heterocycles. The molecule has 0 aliphatic carbocycles. The van der Waals surface area contributed by atoms with E-state index >= 15 is 0 Å². The molecule has 1 aliphatic rings. The van der Waals surface area contributed by atoms with Crippen molar-refractivity contribution in [3.63, 3.8) is 0 Å². The molecule has 1 heterocycles. The van der Waals surface area contributed by atoms with Gasteiger partial charge in [-0.15, -0.1) is 0 Å². The Labute approximate surface area is 147 Å². The van der Waals surface area contributed by atoms with E-state index in [1.807, 2.05) is 24.3 Å². The fourth-order valence-electron chi connectivity index (χ4n) is 2.59. The lowest BCUT2D eigenvalue weighted by molar-refractivity contribution is -0.116. The summed E-state index contributed by atoms with van der Waals surface area (Å²) < 4.78 is 16.6. The molecule has 0 saturated heterocycles. The number of ether oxygens (including phenoxy) is 3. The van der Waals surface area contributed by atoms with Crippen LogP contribution in [-0.4, -0.2) is 25.7 Å². The molecule has 0 atom stereocenters. The summed E-state index contributed by atoms with van der Waals surface area (Å²) in [6.45, 7) is 3.72. The molecule has 25 heavy (non-hydrogen) atoms. The summed E-state index contributed by atoms with van der Waals surface area (Å²) >= 11 is 0. The number of fused-ring (bicyclic) bond motifs is 1. The molecule has 132 valence electrons. The number of hydrogen-bond acceptors (Lipinski definition) is 4. The summed E-state index contributed by atoms with van der Waals surface area (Å²) in [6.07, 6.45) is 2.08. The molecule has 5 heteroatoms. The topological polar surface area (TPSA) is 56.8 Å². The molecular formula is C20H23NO4. The summed E-state index contributed by atoms with van der Waals surface area (Å²) in [5, 5.41) is 2.88. The van der Waals surface area contributed by atoms with Gasteiger partial charge in [0.2, 0.25) is 5.91 Å². The zero-order chi connectivity index (χ0) is 17.5. The Balaban J connectivity index is 1.40. The average Bonchev–Trinajstić information content (AvgIpc) is 2.65. The smallest absolute Gasteiger partial charge is 0.224 e. The highest BCUT2D eigenvalue weighted by atomic mass is 16.6. The zero-order valence-electron chi connectivity index (χ0n) is 14.4. The van der Waals surface area contributed by atoms with Crippen LogP contribution in [0, 0.1) is 0 Å². The van der Waals surface area contributed by atoms with Gasteiger partial charge in [0.25, 0.3) is 0 Å². The van der Waals surface area contributed by atoms with E-state index in [2.05, 4.69) is 24.4 Å². The van der Waals surface area contributed by atoms with Gasteiger partial charge in [-0.2, -0.15) is 0 Å². The standard InChI is InChI=1S/C20H23NO4/c1-2-15-5-8-17(9-6-15)23-11-3-4-20(22)21-16-7-10-18-19(14-16)25-13-12-24-18/h5-10,14H,2-4,11-13H2,1H3,(H,21,22). The van der Waals surface area contributed by atoms with Crippen LogP contribution in [0.3, 0.4) is 0 Å². The molecule has 0 spiro atoms. The lowest BCUT2D eigenvalue weighted by atomic mass is 10.2. The van der Waals surface area contributed by atoms with Crippen LogP contribution in [0.2, 0.25) is 0 Å². The lowest BCUT2D eigenvalue weighted by Gasteiger charge is -2.19. The third-order valence-electron chi connectivity index (χ3n) is 3.97. The van der Waals surface area contributed by atoms with Gasteiger partial charge in [0, 0.05) is 18.2 Å². The molecule has 1 amide bonds. The first-order valence-corrected chi connectivity index (χ1v) is 8.66. The van der Waals surface area contributed by atoms with E-state index in [-0.39, 0.29) is 5.91 Å².